The molecule has 3 aromatic rings. The van der Waals surface area contributed by atoms with Gasteiger partial charge in [-0.15, -0.1) is 12.4 Å². The predicted molar refractivity (Wildman–Crippen MR) is 128 cm³/mol. The maximum absolute atomic E-state index is 8.82. The first kappa shape index (κ1) is 24.5. The zero-order chi connectivity index (χ0) is 22.3. The van der Waals surface area contributed by atoms with Gasteiger partial charge in [0.25, 0.3) is 0 Å². The van der Waals surface area contributed by atoms with Crippen LogP contribution < -0.4 is 10.1 Å². The van der Waals surface area contributed by atoms with Crippen LogP contribution in [0.15, 0.2) is 36.7 Å². The quantitative estimate of drug-likeness (QED) is 0.510. The van der Waals surface area contributed by atoms with E-state index in [1.54, 1.807) is 7.11 Å². The minimum Gasteiger partial charge on any atom is -0.496 e. The number of hydrogen-bond donors (Lipinski definition) is 2. The van der Waals surface area contributed by atoms with E-state index in [9.17, 15) is 0 Å². The molecule has 2 N–H and O–H groups in total. The van der Waals surface area contributed by atoms with Crippen LogP contribution in [0.2, 0.25) is 0 Å². The van der Waals surface area contributed by atoms with Crippen molar-refractivity contribution < 1.29 is 9.47 Å². The van der Waals surface area contributed by atoms with E-state index in [2.05, 4.69) is 43.4 Å². The molecule has 3 heterocycles. The molecule has 1 saturated heterocycles. The number of halogens is 1. The Morgan fingerprint density at radius 2 is 2.00 bits per heavy atom. The second-order valence-corrected chi connectivity index (χ2v) is 7.67. The number of nitriles is 1. The van der Waals surface area contributed by atoms with Crippen molar-refractivity contribution in [1.82, 2.24) is 25.1 Å². The molecule has 1 fully saturated rings. The van der Waals surface area contributed by atoms with Gasteiger partial charge in [0.2, 0.25) is 0 Å². The molecule has 0 bridgehead atoms. The Bertz CT molecular complexity index is 1070. The van der Waals surface area contributed by atoms with Gasteiger partial charge in [-0.05, 0) is 37.1 Å². The normalized spacial score (nSPS) is 14.3. The summed E-state index contributed by atoms with van der Waals surface area (Å²) in [5, 5.41) is 19.2. The summed E-state index contributed by atoms with van der Waals surface area (Å²) in [6.07, 6.45) is 5.38. The topological polar surface area (TPSA) is 112 Å². The van der Waals surface area contributed by atoms with Crippen molar-refractivity contribution in [3.8, 4) is 23.1 Å². The molecule has 9 nitrogen and oxygen atoms in total. The summed E-state index contributed by atoms with van der Waals surface area (Å²) >= 11 is 0. The van der Waals surface area contributed by atoms with Gasteiger partial charge in [-0.25, -0.2) is 9.97 Å². The second-order valence-electron chi connectivity index (χ2n) is 7.67. The number of aromatic amines is 1. The predicted octanol–water partition coefficient (Wildman–Crippen LogP) is 3.91. The summed E-state index contributed by atoms with van der Waals surface area (Å²) in [5.74, 6) is 1.85. The number of nitrogens with zero attached hydrogens (tertiary/aromatic N) is 5. The highest BCUT2D eigenvalue weighted by molar-refractivity contribution is 5.85. The van der Waals surface area contributed by atoms with Gasteiger partial charge < -0.3 is 19.7 Å². The maximum Gasteiger partial charge on any atom is 0.158 e. The maximum atomic E-state index is 8.82. The van der Waals surface area contributed by atoms with E-state index < -0.39 is 0 Å². The van der Waals surface area contributed by atoms with Crippen LogP contribution in [0.4, 0.5) is 11.6 Å². The van der Waals surface area contributed by atoms with Crippen LogP contribution in [0.25, 0.3) is 11.3 Å². The van der Waals surface area contributed by atoms with Crippen LogP contribution >= 0.6 is 12.4 Å². The van der Waals surface area contributed by atoms with Crippen molar-refractivity contribution in [2.24, 2.45) is 0 Å². The lowest BCUT2D eigenvalue weighted by Gasteiger charge is -2.31. The number of likely N-dealkylation sites (tertiary alicyclic amines) is 1. The largest absolute Gasteiger partial charge is 0.496 e. The number of ether oxygens (including phenoxy) is 2. The van der Waals surface area contributed by atoms with Crippen molar-refractivity contribution in [2.45, 2.75) is 32.5 Å². The number of nitrogens with one attached hydrogen (secondary N) is 2. The van der Waals surface area contributed by atoms with E-state index >= 15 is 0 Å². The van der Waals surface area contributed by atoms with E-state index in [0.717, 1.165) is 55.0 Å². The number of benzene rings is 1. The summed E-state index contributed by atoms with van der Waals surface area (Å²) < 4.78 is 11.8. The summed E-state index contributed by atoms with van der Waals surface area (Å²) in [6, 6.07) is 9.89. The van der Waals surface area contributed by atoms with Crippen LogP contribution in [0.3, 0.4) is 0 Å². The van der Waals surface area contributed by atoms with Gasteiger partial charge >= 0.3 is 0 Å². The standard InChI is InChI=1S/C23H27N7O2.ClH/c1-3-30-8-6-18(7-9-30)32-15-16-4-5-19(21(10-16)31-2)20-11-22(29-28-20)27-23-14-25-17(12-24)13-26-23;/h4-5,10-11,13-14,18H,3,6-9,15H2,1-2H3,(H2,26,27,28,29);1H. The van der Waals surface area contributed by atoms with Crippen molar-refractivity contribution in [1.29, 1.82) is 5.26 Å². The summed E-state index contributed by atoms with van der Waals surface area (Å²) in [5.41, 5.74) is 3.05. The zero-order valence-electron chi connectivity index (χ0n) is 18.7. The van der Waals surface area contributed by atoms with Gasteiger partial charge in [0.05, 0.1) is 37.9 Å². The molecule has 0 spiro atoms. The third-order valence-electron chi connectivity index (χ3n) is 5.62. The van der Waals surface area contributed by atoms with E-state index in [0.29, 0.717) is 24.3 Å². The Morgan fingerprint density at radius 3 is 2.67 bits per heavy atom. The van der Waals surface area contributed by atoms with E-state index in [1.165, 1.54) is 12.4 Å². The molecule has 174 valence electrons. The first-order chi connectivity index (χ1) is 15.7. The SMILES string of the molecule is CCN1CCC(OCc2ccc(-c3cc(Nc4cnc(C#N)cn4)n[nH]3)c(OC)c2)CC1.Cl. The average Bonchev–Trinajstić information content (AvgIpc) is 3.31. The molecule has 10 heteroatoms. The van der Waals surface area contributed by atoms with E-state index in [-0.39, 0.29) is 18.1 Å². The Kier molecular flexibility index (Phi) is 8.60. The minimum atomic E-state index is 0. The molecule has 33 heavy (non-hydrogen) atoms. The van der Waals surface area contributed by atoms with Crippen LogP contribution in [0, 0.1) is 11.3 Å². The fourth-order valence-electron chi connectivity index (χ4n) is 3.76. The molecule has 1 aromatic carbocycles. The number of H-pyrrole nitrogens is 1. The van der Waals surface area contributed by atoms with Gasteiger partial charge in [0.15, 0.2) is 11.5 Å². The van der Waals surface area contributed by atoms with Crippen molar-refractivity contribution >= 4 is 24.0 Å². The van der Waals surface area contributed by atoms with Crippen LogP contribution in [0.5, 0.6) is 5.75 Å². The van der Waals surface area contributed by atoms with E-state index in [4.69, 9.17) is 14.7 Å². The first-order valence-electron chi connectivity index (χ1n) is 10.7. The number of methoxy groups -OCH3 is 1. The third kappa shape index (κ3) is 6.20. The number of piperidine rings is 1. The Labute approximate surface area is 199 Å². The Morgan fingerprint density at radius 1 is 1.18 bits per heavy atom. The molecule has 0 atom stereocenters. The van der Waals surface area contributed by atoms with Crippen molar-refractivity contribution in [3.05, 3.63) is 47.9 Å². The van der Waals surface area contributed by atoms with Crippen LogP contribution in [0.1, 0.15) is 31.0 Å². The van der Waals surface area contributed by atoms with E-state index in [1.807, 2.05) is 24.3 Å². The summed E-state index contributed by atoms with van der Waals surface area (Å²) in [4.78, 5) is 10.6. The fraction of sp³-hybridized carbons (Fsp3) is 0.391. The molecule has 0 amide bonds. The Hall–Kier alpha value is -3.19. The first-order valence-corrected chi connectivity index (χ1v) is 10.7. The molecule has 1 aliphatic rings. The number of hydrogen-bond acceptors (Lipinski definition) is 8. The molecule has 4 rings (SSSR count). The fourth-order valence-corrected chi connectivity index (χ4v) is 3.76. The average molecular weight is 470 g/mol. The zero-order valence-corrected chi connectivity index (χ0v) is 19.6. The summed E-state index contributed by atoms with van der Waals surface area (Å²) in [7, 11) is 1.66. The summed E-state index contributed by atoms with van der Waals surface area (Å²) in [6.45, 7) is 6.09. The second kappa shape index (κ2) is 11.6. The molecule has 0 radical (unpaired) electrons. The molecule has 2 aromatic heterocycles. The third-order valence-corrected chi connectivity index (χ3v) is 5.62. The molecule has 0 unspecified atom stereocenters. The molecular formula is C23H28ClN7O2. The van der Waals surface area contributed by atoms with Crippen LogP contribution in [-0.2, 0) is 11.3 Å². The number of anilines is 2. The minimum absolute atomic E-state index is 0. The van der Waals surface area contributed by atoms with Gasteiger partial charge in [-0.2, -0.15) is 10.4 Å². The van der Waals surface area contributed by atoms with Crippen molar-refractivity contribution in [2.75, 3.05) is 32.1 Å². The molecule has 0 aliphatic carbocycles. The van der Waals surface area contributed by atoms with Gasteiger partial charge in [0.1, 0.15) is 17.6 Å². The highest BCUT2D eigenvalue weighted by Gasteiger charge is 2.19. The lowest BCUT2D eigenvalue weighted by atomic mass is 10.1. The van der Waals surface area contributed by atoms with Crippen molar-refractivity contribution in [3.63, 3.8) is 0 Å². The lowest BCUT2D eigenvalue weighted by molar-refractivity contribution is -0.00149. The van der Waals surface area contributed by atoms with Crippen LogP contribution in [-0.4, -0.2) is 57.9 Å². The number of aromatic nitrogens is 4. The lowest BCUT2D eigenvalue weighted by Crippen LogP contribution is -2.36. The van der Waals surface area contributed by atoms with Gasteiger partial charge in [0, 0.05) is 24.7 Å². The monoisotopic (exact) mass is 469 g/mol. The number of rotatable bonds is 8. The highest BCUT2D eigenvalue weighted by atomic mass is 35.5. The Balaban J connectivity index is 0.00000306. The van der Waals surface area contributed by atoms with Gasteiger partial charge in [-0.3, -0.25) is 5.10 Å². The molecule has 0 saturated carbocycles. The van der Waals surface area contributed by atoms with Gasteiger partial charge in [-0.1, -0.05) is 13.0 Å². The molecule has 1 aliphatic heterocycles. The molecular weight excluding hydrogens is 442 g/mol. The highest BCUT2D eigenvalue weighted by Crippen LogP contribution is 2.31. The smallest absolute Gasteiger partial charge is 0.158 e.